The fourth-order valence-corrected chi connectivity index (χ4v) is 4.22. The van der Waals surface area contributed by atoms with Crippen LogP contribution < -0.4 is 9.80 Å². The third-order valence-corrected chi connectivity index (χ3v) is 4.93. The standard InChI is InChI=1S/C20H26N2/c1-19(2)16-13-10-14-17(21(5)6)18(16)20(3,4)22(19)15-11-8-7-9-12-15/h7-14H,1-6H3. The molecule has 1 heterocycles. The number of hydrogen-bond acceptors (Lipinski definition) is 2. The average molecular weight is 294 g/mol. The van der Waals surface area contributed by atoms with Gasteiger partial charge in [0.15, 0.2) is 0 Å². The van der Waals surface area contributed by atoms with Gasteiger partial charge in [-0.1, -0.05) is 30.3 Å². The first-order chi connectivity index (χ1) is 10.3. The summed E-state index contributed by atoms with van der Waals surface area (Å²) in [5.41, 5.74) is 5.36. The number of para-hydroxylation sites is 1. The molecule has 2 heteroatoms. The molecule has 0 saturated heterocycles. The van der Waals surface area contributed by atoms with Crippen molar-refractivity contribution in [2.45, 2.75) is 38.8 Å². The summed E-state index contributed by atoms with van der Waals surface area (Å²) in [6, 6.07) is 17.4. The van der Waals surface area contributed by atoms with Gasteiger partial charge in [-0.15, -0.1) is 0 Å². The molecule has 2 aromatic carbocycles. The second-order valence-corrected chi connectivity index (χ2v) is 7.38. The van der Waals surface area contributed by atoms with Gasteiger partial charge >= 0.3 is 0 Å². The van der Waals surface area contributed by atoms with E-state index in [0.717, 1.165) is 0 Å². The highest BCUT2D eigenvalue weighted by Gasteiger charge is 2.50. The van der Waals surface area contributed by atoms with Gasteiger partial charge < -0.3 is 9.80 Å². The first-order valence-corrected chi connectivity index (χ1v) is 7.94. The molecule has 0 atom stereocenters. The van der Waals surface area contributed by atoms with E-state index in [1.165, 1.54) is 22.5 Å². The summed E-state index contributed by atoms with van der Waals surface area (Å²) in [6.45, 7) is 9.32. The summed E-state index contributed by atoms with van der Waals surface area (Å²) in [6.07, 6.45) is 0. The zero-order valence-electron chi connectivity index (χ0n) is 14.5. The summed E-state index contributed by atoms with van der Waals surface area (Å²) in [4.78, 5) is 4.78. The van der Waals surface area contributed by atoms with Gasteiger partial charge in [0.2, 0.25) is 0 Å². The van der Waals surface area contributed by atoms with Gasteiger partial charge in [0.25, 0.3) is 0 Å². The Labute approximate surface area is 134 Å². The van der Waals surface area contributed by atoms with Crippen LogP contribution in [0.3, 0.4) is 0 Å². The van der Waals surface area contributed by atoms with Crippen molar-refractivity contribution in [1.29, 1.82) is 0 Å². The van der Waals surface area contributed by atoms with Crippen LogP contribution in [0.15, 0.2) is 48.5 Å². The lowest BCUT2D eigenvalue weighted by atomic mass is 9.89. The number of rotatable bonds is 2. The second kappa shape index (κ2) is 4.77. The van der Waals surface area contributed by atoms with Gasteiger partial charge in [0, 0.05) is 31.0 Å². The minimum atomic E-state index is -0.0545. The van der Waals surface area contributed by atoms with Crippen LogP contribution in [-0.2, 0) is 11.1 Å². The van der Waals surface area contributed by atoms with Crippen molar-refractivity contribution < 1.29 is 0 Å². The van der Waals surface area contributed by atoms with Gasteiger partial charge in [0.05, 0.1) is 11.1 Å². The highest BCUT2D eigenvalue weighted by Crippen LogP contribution is 2.54. The minimum absolute atomic E-state index is 0.0355. The van der Waals surface area contributed by atoms with Crippen LogP contribution in [0.4, 0.5) is 11.4 Å². The van der Waals surface area contributed by atoms with Crippen molar-refractivity contribution in [1.82, 2.24) is 0 Å². The van der Waals surface area contributed by atoms with E-state index < -0.39 is 0 Å². The molecule has 0 aromatic heterocycles. The Bertz CT molecular complexity index is 684. The van der Waals surface area contributed by atoms with Gasteiger partial charge in [-0.25, -0.2) is 0 Å². The Morgan fingerprint density at radius 2 is 1.41 bits per heavy atom. The molecule has 22 heavy (non-hydrogen) atoms. The van der Waals surface area contributed by atoms with Crippen LogP contribution in [-0.4, -0.2) is 14.1 Å². The van der Waals surface area contributed by atoms with Crippen LogP contribution in [0.2, 0.25) is 0 Å². The molecule has 0 fully saturated rings. The number of anilines is 2. The number of hydrogen-bond donors (Lipinski definition) is 0. The highest BCUT2D eigenvalue weighted by atomic mass is 15.3. The van der Waals surface area contributed by atoms with Crippen molar-refractivity contribution >= 4 is 11.4 Å². The van der Waals surface area contributed by atoms with Crippen LogP contribution in [0.5, 0.6) is 0 Å². The molecule has 2 nitrogen and oxygen atoms in total. The lowest BCUT2D eigenvalue weighted by Crippen LogP contribution is -2.45. The van der Waals surface area contributed by atoms with Crippen LogP contribution in [0.25, 0.3) is 0 Å². The molecule has 0 aliphatic carbocycles. The summed E-state index contributed by atoms with van der Waals surface area (Å²) in [7, 11) is 4.26. The van der Waals surface area contributed by atoms with Crippen molar-refractivity contribution in [3.63, 3.8) is 0 Å². The average Bonchev–Trinajstić information content (AvgIpc) is 2.63. The lowest BCUT2D eigenvalue weighted by Gasteiger charge is -2.43. The molecular formula is C20H26N2. The maximum Gasteiger partial charge on any atom is 0.0630 e. The zero-order chi connectivity index (χ0) is 16.1. The predicted molar refractivity (Wildman–Crippen MR) is 95.7 cm³/mol. The largest absolute Gasteiger partial charge is 0.377 e. The highest BCUT2D eigenvalue weighted by molar-refractivity contribution is 5.70. The van der Waals surface area contributed by atoms with Crippen molar-refractivity contribution in [3.8, 4) is 0 Å². The van der Waals surface area contributed by atoms with E-state index in [-0.39, 0.29) is 11.1 Å². The van der Waals surface area contributed by atoms with E-state index in [1.807, 2.05) is 0 Å². The third-order valence-electron chi connectivity index (χ3n) is 4.93. The smallest absolute Gasteiger partial charge is 0.0630 e. The summed E-state index contributed by atoms with van der Waals surface area (Å²) in [5.74, 6) is 0. The van der Waals surface area contributed by atoms with Crippen molar-refractivity contribution in [2.24, 2.45) is 0 Å². The minimum Gasteiger partial charge on any atom is -0.377 e. The van der Waals surface area contributed by atoms with Crippen molar-refractivity contribution in [2.75, 3.05) is 23.9 Å². The van der Waals surface area contributed by atoms with E-state index in [0.29, 0.717) is 0 Å². The second-order valence-electron chi connectivity index (χ2n) is 7.38. The predicted octanol–water partition coefficient (Wildman–Crippen LogP) is 4.74. The molecule has 0 spiro atoms. The van der Waals surface area contributed by atoms with E-state index in [1.54, 1.807) is 0 Å². The molecule has 0 amide bonds. The number of benzene rings is 2. The van der Waals surface area contributed by atoms with Gasteiger partial charge in [-0.05, 0) is 51.5 Å². The zero-order valence-corrected chi connectivity index (χ0v) is 14.5. The van der Waals surface area contributed by atoms with E-state index in [2.05, 4.69) is 100 Å². The van der Waals surface area contributed by atoms with Gasteiger partial charge in [-0.2, -0.15) is 0 Å². The van der Waals surface area contributed by atoms with Crippen molar-refractivity contribution in [3.05, 3.63) is 59.7 Å². The molecule has 116 valence electrons. The number of fused-ring (bicyclic) bond motifs is 1. The SMILES string of the molecule is CN(C)c1cccc2c1C(C)(C)N(c1ccccc1)C2(C)C. The molecule has 2 aromatic rings. The Balaban J connectivity index is 2.28. The normalized spacial score (nSPS) is 18.2. The lowest BCUT2D eigenvalue weighted by molar-refractivity contribution is 0.403. The molecule has 3 rings (SSSR count). The fourth-order valence-electron chi connectivity index (χ4n) is 4.22. The Kier molecular flexibility index (Phi) is 3.24. The number of nitrogens with zero attached hydrogens (tertiary/aromatic N) is 2. The molecule has 0 bridgehead atoms. The monoisotopic (exact) mass is 294 g/mol. The summed E-state index contributed by atoms with van der Waals surface area (Å²) in [5, 5.41) is 0. The molecule has 0 saturated carbocycles. The fraction of sp³-hybridized carbons (Fsp3) is 0.400. The van der Waals surface area contributed by atoms with Crippen LogP contribution >= 0.6 is 0 Å². The molecular weight excluding hydrogens is 268 g/mol. The Morgan fingerprint density at radius 1 is 0.773 bits per heavy atom. The maximum atomic E-state index is 2.55. The van der Waals surface area contributed by atoms with Crippen LogP contribution in [0.1, 0.15) is 38.8 Å². The summed E-state index contributed by atoms with van der Waals surface area (Å²) < 4.78 is 0. The third kappa shape index (κ3) is 1.93. The van der Waals surface area contributed by atoms with Gasteiger partial charge in [0.1, 0.15) is 0 Å². The maximum absolute atomic E-state index is 2.55. The van der Waals surface area contributed by atoms with E-state index >= 15 is 0 Å². The molecule has 1 aliphatic heterocycles. The Hall–Kier alpha value is -1.96. The quantitative estimate of drug-likeness (QED) is 0.789. The molecule has 0 N–H and O–H groups in total. The van der Waals surface area contributed by atoms with E-state index in [4.69, 9.17) is 0 Å². The topological polar surface area (TPSA) is 6.48 Å². The Morgan fingerprint density at radius 3 is 2.00 bits per heavy atom. The first-order valence-electron chi connectivity index (χ1n) is 7.94. The molecule has 0 radical (unpaired) electrons. The van der Waals surface area contributed by atoms with Gasteiger partial charge in [-0.3, -0.25) is 0 Å². The molecule has 0 unspecified atom stereocenters. The summed E-state index contributed by atoms with van der Waals surface area (Å²) >= 11 is 0. The van der Waals surface area contributed by atoms with Crippen LogP contribution in [0, 0.1) is 0 Å². The van der Waals surface area contributed by atoms with E-state index in [9.17, 15) is 0 Å². The first kappa shape index (κ1) is 15.0. The molecule has 1 aliphatic rings.